The summed E-state index contributed by atoms with van der Waals surface area (Å²) in [5.74, 6) is 0. The molecule has 1 saturated carbocycles. The van der Waals surface area contributed by atoms with Gasteiger partial charge in [0.1, 0.15) is 0 Å². The van der Waals surface area contributed by atoms with Crippen molar-refractivity contribution in [3.63, 3.8) is 0 Å². The molecule has 0 aromatic rings. The summed E-state index contributed by atoms with van der Waals surface area (Å²) in [6, 6.07) is 0. The maximum atomic E-state index is 9.88. The number of aliphatic hydroxyl groups excluding tert-OH is 1. The zero-order valence-corrected chi connectivity index (χ0v) is 9.17. The Balaban J connectivity index is 2.30. The summed E-state index contributed by atoms with van der Waals surface area (Å²) >= 11 is 0. The van der Waals surface area contributed by atoms with Crippen molar-refractivity contribution in [2.45, 2.75) is 45.1 Å². The molecule has 0 amide bonds. The molecule has 3 nitrogen and oxygen atoms in total. The molecular weight excluding hydrogens is 178 g/mol. The highest BCUT2D eigenvalue weighted by Crippen LogP contribution is 2.41. The molecule has 0 saturated heterocycles. The lowest BCUT2D eigenvalue weighted by Gasteiger charge is -2.31. The van der Waals surface area contributed by atoms with Crippen LogP contribution in [0.1, 0.15) is 39.0 Å². The molecule has 1 rings (SSSR count). The summed E-state index contributed by atoms with van der Waals surface area (Å²) in [6.45, 7) is 4.19. The summed E-state index contributed by atoms with van der Waals surface area (Å²) in [5.41, 5.74) is 5.77. The van der Waals surface area contributed by atoms with Crippen LogP contribution in [-0.2, 0) is 4.74 Å². The van der Waals surface area contributed by atoms with Gasteiger partial charge in [-0.2, -0.15) is 0 Å². The quantitative estimate of drug-likeness (QED) is 0.637. The molecule has 1 fully saturated rings. The van der Waals surface area contributed by atoms with Gasteiger partial charge in [0.15, 0.2) is 0 Å². The number of nitrogens with two attached hydrogens (primary N) is 1. The standard InChI is InChI=1S/C11H23NO2/c1-2-14-8-4-7-11(9-12)6-3-5-10(11)13/h10,13H,2-9,12H2,1H3. The predicted octanol–water partition coefficient (Wildman–Crippen LogP) is 1.29. The first-order valence-electron chi connectivity index (χ1n) is 5.71. The van der Waals surface area contributed by atoms with Crippen LogP contribution in [0.25, 0.3) is 0 Å². The molecule has 0 aromatic carbocycles. The van der Waals surface area contributed by atoms with E-state index in [-0.39, 0.29) is 11.5 Å². The lowest BCUT2D eigenvalue weighted by Crippen LogP contribution is -2.37. The summed E-state index contributed by atoms with van der Waals surface area (Å²) in [6.07, 6.45) is 4.96. The summed E-state index contributed by atoms with van der Waals surface area (Å²) in [5, 5.41) is 9.88. The van der Waals surface area contributed by atoms with Crippen molar-refractivity contribution >= 4 is 0 Å². The number of rotatable bonds is 6. The second-order valence-corrected chi connectivity index (χ2v) is 4.27. The van der Waals surface area contributed by atoms with Gasteiger partial charge >= 0.3 is 0 Å². The highest BCUT2D eigenvalue weighted by Gasteiger charge is 2.39. The van der Waals surface area contributed by atoms with Gasteiger partial charge in [0.05, 0.1) is 6.10 Å². The zero-order valence-electron chi connectivity index (χ0n) is 9.17. The van der Waals surface area contributed by atoms with Crippen LogP contribution in [0.15, 0.2) is 0 Å². The SMILES string of the molecule is CCOCCCC1(CN)CCCC1O. The minimum absolute atomic E-state index is 0.00288. The van der Waals surface area contributed by atoms with Crippen molar-refractivity contribution in [2.75, 3.05) is 19.8 Å². The van der Waals surface area contributed by atoms with E-state index < -0.39 is 0 Å². The Morgan fingerprint density at radius 1 is 1.57 bits per heavy atom. The Bertz CT molecular complexity index is 163. The van der Waals surface area contributed by atoms with Gasteiger partial charge in [-0.1, -0.05) is 6.42 Å². The Kier molecular flexibility index (Phi) is 4.85. The normalized spacial score (nSPS) is 32.4. The maximum absolute atomic E-state index is 9.88. The number of aliphatic hydroxyl groups is 1. The molecule has 1 aliphatic carbocycles. The fraction of sp³-hybridized carbons (Fsp3) is 1.00. The second-order valence-electron chi connectivity index (χ2n) is 4.27. The van der Waals surface area contributed by atoms with Crippen molar-refractivity contribution in [1.29, 1.82) is 0 Å². The van der Waals surface area contributed by atoms with E-state index in [1.165, 1.54) is 0 Å². The maximum Gasteiger partial charge on any atom is 0.0608 e. The van der Waals surface area contributed by atoms with E-state index in [4.69, 9.17) is 10.5 Å². The predicted molar refractivity (Wildman–Crippen MR) is 57.1 cm³/mol. The molecule has 0 radical (unpaired) electrons. The third-order valence-corrected chi connectivity index (χ3v) is 3.43. The molecule has 0 aromatic heterocycles. The molecule has 0 bridgehead atoms. The molecule has 2 unspecified atom stereocenters. The smallest absolute Gasteiger partial charge is 0.0608 e. The average molecular weight is 201 g/mol. The Morgan fingerprint density at radius 2 is 2.36 bits per heavy atom. The van der Waals surface area contributed by atoms with E-state index in [0.29, 0.717) is 6.54 Å². The van der Waals surface area contributed by atoms with Crippen molar-refractivity contribution in [3.8, 4) is 0 Å². The van der Waals surface area contributed by atoms with Crippen molar-refractivity contribution < 1.29 is 9.84 Å². The lowest BCUT2D eigenvalue weighted by molar-refractivity contribution is 0.0415. The van der Waals surface area contributed by atoms with Gasteiger partial charge in [-0.25, -0.2) is 0 Å². The van der Waals surface area contributed by atoms with Crippen molar-refractivity contribution in [1.82, 2.24) is 0 Å². The van der Waals surface area contributed by atoms with Gasteiger partial charge in [0, 0.05) is 25.2 Å². The highest BCUT2D eigenvalue weighted by molar-refractivity contribution is 4.92. The van der Waals surface area contributed by atoms with E-state index in [1.807, 2.05) is 6.92 Å². The lowest BCUT2D eigenvalue weighted by atomic mass is 9.80. The topological polar surface area (TPSA) is 55.5 Å². The molecule has 1 aliphatic rings. The first kappa shape index (κ1) is 12.0. The monoisotopic (exact) mass is 201 g/mol. The molecule has 3 N–H and O–H groups in total. The minimum Gasteiger partial charge on any atom is -0.393 e. The number of hydrogen-bond donors (Lipinski definition) is 2. The fourth-order valence-corrected chi connectivity index (χ4v) is 2.42. The molecule has 2 atom stereocenters. The zero-order chi connectivity index (χ0) is 10.4. The van der Waals surface area contributed by atoms with E-state index >= 15 is 0 Å². The van der Waals surface area contributed by atoms with Crippen LogP contribution in [0.2, 0.25) is 0 Å². The minimum atomic E-state index is -0.186. The van der Waals surface area contributed by atoms with Gasteiger partial charge in [0.25, 0.3) is 0 Å². The van der Waals surface area contributed by atoms with Crippen molar-refractivity contribution in [2.24, 2.45) is 11.1 Å². The number of hydrogen-bond acceptors (Lipinski definition) is 3. The molecule has 14 heavy (non-hydrogen) atoms. The number of ether oxygens (including phenoxy) is 1. The van der Waals surface area contributed by atoms with Gasteiger partial charge in [-0.3, -0.25) is 0 Å². The Morgan fingerprint density at radius 3 is 2.86 bits per heavy atom. The van der Waals surface area contributed by atoms with Crippen LogP contribution < -0.4 is 5.73 Å². The largest absolute Gasteiger partial charge is 0.393 e. The second kappa shape index (κ2) is 5.69. The van der Waals surface area contributed by atoms with Crippen LogP contribution in [0, 0.1) is 5.41 Å². The van der Waals surface area contributed by atoms with E-state index in [0.717, 1.165) is 45.3 Å². The van der Waals surface area contributed by atoms with Crippen LogP contribution in [-0.4, -0.2) is 31.0 Å². The molecule has 0 spiro atoms. The van der Waals surface area contributed by atoms with Gasteiger partial charge in [-0.05, 0) is 32.6 Å². The molecule has 0 heterocycles. The molecule has 84 valence electrons. The van der Waals surface area contributed by atoms with Crippen LogP contribution in [0.4, 0.5) is 0 Å². The van der Waals surface area contributed by atoms with Gasteiger partial charge < -0.3 is 15.6 Å². The van der Waals surface area contributed by atoms with E-state index in [1.54, 1.807) is 0 Å². The average Bonchev–Trinajstić information content (AvgIpc) is 2.56. The summed E-state index contributed by atoms with van der Waals surface area (Å²) < 4.78 is 5.30. The Labute approximate surface area is 86.6 Å². The highest BCUT2D eigenvalue weighted by atomic mass is 16.5. The first-order valence-corrected chi connectivity index (χ1v) is 5.71. The third-order valence-electron chi connectivity index (χ3n) is 3.43. The van der Waals surface area contributed by atoms with Crippen LogP contribution >= 0.6 is 0 Å². The molecule has 3 heteroatoms. The van der Waals surface area contributed by atoms with Crippen LogP contribution in [0.3, 0.4) is 0 Å². The van der Waals surface area contributed by atoms with Crippen molar-refractivity contribution in [3.05, 3.63) is 0 Å². The fourth-order valence-electron chi connectivity index (χ4n) is 2.42. The first-order chi connectivity index (χ1) is 6.75. The summed E-state index contributed by atoms with van der Waals surface area (Å²) in [7, 11) is 0. The van der Waals surface area contributed by atoms with Crippen LogP contribution in [0.5, 0.6) is 0 Å². The Hall–Kier alpha value is -0.120. The van der Waals surface area contributed by atoms with Gasteiger partial charge in [0.2, 0.25) is 0 Å². The molecule has 0 aliphatic heterocycles. The van der Waals surface area contributed by atoms with E-state index in [9.17, 15) is 5.11 Å². The summed E-state index contributed by atoms with van der Waals surface area (Å²) in [4.78, 5) is 0. The van der Waals surface area contributed by atoms with Gasteiger partial charge in [-0.15, -0.1) is 0 Å². The third kappa shape index (κ3) is 2.69. The molecular formula is C11H23NO2. The van der Waals surface area contributed by atoms with E-state index in [2.05, 4.69) is 0 Å².